The number of hydrogen-bond acceptors (Lipinski definition) is 3. The van der Waals surface area contributed by atoms with E-state index in [1.165, 1.54) is 0 Å². The topological polar surface area (TPSA) is 63.2 Å². The number of anilines is 1. The van der Waals surface area contributed by atoms with E-state index in [0.717, 1.165) is 13.0 Å². The zero-order valence-corrected chi connectivity index (χ0v) is 12.3. The van der Waals surface area contributed by atoms with Gasteiger partial charge in [0.1, 0.15) is 22.3 Å². The molecule has 0 unspecified atom stereocenters. The van der Waals surface area contributed by atoms with Crippen LogP contribution in [0.3, 0.4) is 0 Å². The number of benzene rings is 2. The van der Waals surface area contributed by atoms with E-state index in [0.29, 0.717) is 24.3 Å². The van der Waals surface area contributed by atoms with Crippen LogP contribution in [-0.4, -0.2) is 14.2 Å². The molecule has 0 bridgehead atoms. The number of nitrogens with one attached hydrogen (secondary N) is 1. The van der Waals surface area contributed by atoms with E-state index in [2.05, 4.69) is 0 Å². The first kappa shape index (κ1) is 16.9. The molecule has 0 saturated carbocycles. The largest absolute Gasteiger partial charge is 0.294 e. The molecule has 0 aliphatic carbocycles. The number of sulfonamides is 1. The fourth-order valence-corrected chi connectivity index (χ4v) is 2.99. The molecule has 2 aromatic rings. The molecule has 0 saturated heterocycles. The van der Waals surface area contributed by atoms with Gasteiger partial charge in [0.25, 0.3) is 10.0 Å². The Morgan fingerprint density at radius 3 is 2.22 bits per heavy atom. The smallest absolute Gasteiger partial charge is 0.265 e. The predicted molar refractivity (Wildman–Crippen MR) is 73.5 cm³/mol. The number of hydrogen-bond donors (Lipinski definition) is 1. The van der Waals surface area contributed by atoms with Crippen molar-refractivity contribution >= 4 is 21.5 Å². The van der Waals surface area contributed by atoms with Crippen LogP contribution in [0.5, 0.6) is 0 Å². The van der Waals surface area contributed by atoms with E-state index in [1.54, 1.807) is 4.72 Å². The lowest BCUT2D eigenvalue weighted by Crippen LogP contribution is -2.17. The van der Waals surface area contributed by atoms with Gasteiger partial charge in [0.15, 0.2) is 11.6 Å². The summed E-state index contributed by atoms with van der Waals surface area (Å²) in [5.74, 6) is -5.85. The Morgan fingerprint density at radius 1 is 1.00 bits per heavy atom. The molecule has 2 rings (SSSR count). The number of rotatable bonds is 4. The number of halogens is 4. The highest BCUT2D eigenvalue weighted by Crippen LogP contribution is 2.25. The van der Waals surface area contributed by atoms with Gasteiger partial charge < -0.3 is 0 Å². The molecular weight excluding hydrogens is 338 g/mol. The summed E-state index contributed by atoms with van der Waals surface area (Å²) in [4.78, 5) is 10.2. The molecule has 122 valence electrons. The van der Waals surface area contributed by atoms with Crippen LogP contribution >= 0.6 is 0 Å². The Morgan fingerprint density at radius 2 is 1.61 bits per heavy atom. The molecule has 9 heteroatoms. The molecule has 4 nitrogen and oxygen atoms in total. The quantitative estimate of drug-likeness (QED) is 0.682. The van der Waals surface area contributed by atoms with Crippen molar-refractivity contribution in [1.29, 1.82) is 0 Å². The lowest BCUT2D eigenvalue weighted by Gasteiger charge is -2.11. The molecular formula is C14H9F4NO3S. The summed E-state index contributed by atoms with van der Waals surface area (Å²) in [6.07, 6.45) is 0. The zero-order valence-electron chi connectivity index (χ0n) is 11.5. The van der Waals surface area contributed by atoms with Gasteiger partial charge in [-0.2, -0.15) is 0 Å². The van der Waals surface area contributed by atoms with Gasteiger partial charge in [-0.25, -0.2) is 26.0 Å². The molecule has 0 atom stereocenters. The Hall–Kier alpha value is -2.42. The van der Waals surface area contributed by atoms with E-state index in [4.69, 9.17) is 0 Å². The van der Waals surface area contributed by atoms with Crippen LogP contribution < -0.4 is 4.72 Å². The standard InChI is InChI=1S/C14H9F4NO3S/c1-7(20)13-10(17)4-5-11(14(13)18)19-23(21,22)12-6-8(15)2-3-9(12)16/h2-6,19H,1H3. The SMILES string of the molecule is CC(=O)c1c(F)ccc(NS(=O)(=O)c2cc(F)ccc2F)c1F. The van der Waals surface area contributed by atoms with E-state index >= 15 is 0 Å². The average Bonchev–Trinajstić information content (AvgIpc) is 2.44. The molecule has 2 aromatic carbocycles. The maximum atomic E-state index is 14.1. The van der Waals surface area contributed by atoms with Crippen LogP contribution in [0.25, 0.3) is 0 Å². The van der Waals surface area contributed by atoms with Crippen molar-refractivity contribution in [3.05, 3.63) is 59.2 Å². The van der Waals surface area contributed by atoms with E-state index in [1.807, 2.05) is 0 Å². The highest BCUT2D eigenvalue weighted by molar-refractivity contribution is 7.92. The highest BCUT2D eigenvalue weighted by atomic mass is 32.2. The number of Topliss-reactive ketones (excluding diaryl/α,β-unsaturated/α-hetero) is 1. The zero-order chi connectivity index (χ0) is 17.4. The Kier molecular flexibility index (Phi) is 4.42. The summed E-state index contributed by atoms with van der Waals surface area (Å²) in [6, 6.07) is 3.11. The van der Waals surface area contributed by atoms with Crippen molar-refractivity contribution < 1.29 is 30.8 Å². The summed E-state index contributed by atoms with van der Waals surface area (Å²) in [7, 11) is -4.68. The third-order valence-electron chi connectivity index (χ3n) is 2.87. The van der Waals surface area contributed by atoms with Crippen LogP contribution in [0.1, 0.15) is 17.3 Å². The number of ketones is 1. The van der Waals surface area contributed by atoms with Gasteiger partial charge in [0.2, 0.25) is 0 Å². The molecule has 0 aliphatic rings. The minimum atomic E-state index is -4.68. The Labute approximate surface area is 128 Å². The predicted octanol–water partition coefficient (Wildman–Crippen LogP) is 3.25. The summed E-state index contributed by atoms with van der Waals surface area (Å²) in [6.45, 7) is 0.895. The third-order valence-corrected chi connectivity index (χ3v) is 4.25. The van der Waals surface area contributed by atoms with Crippen molar-refractivity contribution in [3.63, 3.8) is 0 Å². The number of carbonyl (C=O) groups is 1. The highest BCUT2D eigenvalue weighted by Gasteiger charge is 2.24. The summed E-state index contributed by atoms with van der Waals surface area (Å²) in [5, 5.41) is 0. The minimum absolute atomic E-state index is 0.408. The third kappa shape index (κ3) is 3.34. The van der Waals surface area contributed by atoms with Crippen molar-refractivity contribution in [2.75, 3.05) is 4.72 Å². The van der Waals surface area contributed by atoms with E-state index in [-0.39, 0.29) is 0 Å². The Balaban J connectivity index is 2.52. The van der Waals surface area contributed by atoms with Gasteiger partial charge in [-0.05, 0) is 37.3 Å². The van der Waals surface area contributed by atoms with Crippen LogP contribution in [-0.2, 0) is 10.0 Å². The monoisotopic (exact) mass is 347 g/mol. The van der Waals surface area contributed by atoms with Crippen molar-refractivity contribution in [3.8, 4) is 0 Å². The first-order chi connectivity index (χ1) is 10.6. The summed E-state index contributed by atoms with van der Waals surface area (Å²) < 4.78 is 79.8. The number of carbonyl (C=O) groups excluding carboxylic acids is 1. The average molecular weight is 347 g/mol. The molecule has 0 aliphatic heterocycles. The molecule has 0 fully saturated rings. The second-order valence-electron chi connectivity index (χ2n) is 4.52. The van der Waals surface area contributed by atoms with Crippen LogP contribution in [0.2, 0.25) is 0 Å². The van der Waals surface area contributed by atoms with Gasteiger partial charge in [0, 0.05) is 0 Å². The summed E-state index contributed by atoms with van der Waals surface area (Å²) >= 11 is 0. The van der Waals surface area contributed by atoms with Crippen LogP contribution in [0, 0.1) is 23.3 Å². The van der Waals surface area contributed by atoms with E-state index < -0.39 is 55.2 Å². The maximum Gasteiger partial charge on any atom is 0.265 e. The molecule has 0 spiro atoms. The molecule has 23 heavy (non-hydrogen) atoms. The molecule has 0 radical (unpaired) electrons. The summed E-state index contributed by atoms with van der Waals surface area (Å²) in [5.41, 5.74) is -1.70. The first-order valence-electron chi connectivity index (χ1n) is 6.10. The lowest BCUT2D eigenvalue weighted by atomic mass is 10.1. The van der Waals surface area contributed by atoms with Gasteiger partial charge in [0.05, 0.1) is 11.3 Å². The fourth-order valence-electron chi connectivity index (χ4n) is 1.84. The van der Waals surface area contributed by atoms with E-state index in [9.17, 15) is 30.8 Å². The van der Waals surface area contributed by atoms with Gasteiger partial charge >= 0.3 is 0 Å². The molecule has 0 heterocycles. The normalized spacial score (nSPS) is 11.3. The second-order valence-corrected chi connectivity index (χ2v) is 6.17. The lowest BCUT2D eigenvalue weighted by molar-refractivity contribution is 0.101. The van der Waals surface area contributed by atoms with Crippen molar-refractivity contribution in [2.24, 2.45) is 0 Å². The molecule has 1 N–H and O–H groups in total. The Bertz CT molecular complexity index is 897. The minimum Gasteiger partial charge on any atom is -0.294 e. The fraction of sp³-hybridized carbons (Fsp3) is 0.0714. The van der Waals surface area contributed by atoms with Crippen molar-refractivity contribution in [1.82, 2.24) is 0 Å². The molecule has 0 aromatic heterocycles. The molecule has 0 amide bonds. The van der Waals surface area contributed by atoms with Gasteiger partial charge in [-0.15, -0.1) is 0 Å². The first-order valence-corrected chi connectivity index (χ1v) is 7.58. The van der Waals surface area contributed by atoms with Crippen molar-refractivity contribution in [2.45, 2.75) is 11.8 Å². The van der Waals surface area contributed by atoms with Gasteiger partial charge in [-0.1, -0.05) is 0 Å². The maximum absolute atomic E-state index is 14.1. The van der Waals surface area contributed by atoms with Gasteiger partial charge in [-0.3, -0.25) is 9.52 Å². The second kappa shape index (κ2) is 5.99. The van der Waals surface area contributed by atoms with Crippen LogP contribution in [0.4, 0.5) is 23.2 Å². The van der Waals surface area contributed by atoms with Crippen LogP contribution in [0.15, 0.2) is 35.2 Å².